The number of carbonyl (C=O) groups is 2. The van der Waals surface area contributed by atoms with Crippen LogP contribution in [-0.4, -0.2) is 44.1 Å². The van der Waals surface area contributed by atoms with Crippen molar-refractivity contribution in [2.75, 3.05) is 27.3 Å². The van der Waals surface area contributed by atoms with Crippen LogP contribution >= 0.6 is 0 Å². The van der Waals surface area contributed by atoms with Gasteiger partial charge in [0, 0.05) is 17.7 Å². The van der Waals surface area contributed by atoms with Crippen LogP contribution < -0.4 is 9.47 Å². The van der Waals surface area contributed by atoms with Gasteiger partial charge in [0.2, 0.25) is 0 Å². The molecule has 0 radical (unpaired) electrons. The van der Waals surface area contributed by atoms with E-state index in [0.717, 1.165) is 12.0 Å². The van der Waals surface area contributed by atoms with Gasteiger partial charge in [-0.1, -0.05) is 18.2 Å². The number of methoxy groups -OCH3 is 2. The number of piperidine rings is 1. The molecule has 27 heavy (non-hydrogen) atoms. The topological polar surface area (TPSA) is 65.1 Å². The number of amides is 1. The third-order valence-corrected chi connectivity index (χ3v) is 5.30. The number of carbonyl (C=O) groups excluding carboxylic acids is 2. The van der Waals surface area contributed by atoms with E-state index in [-0.39, 0.29) is 11.9 Å². The first-order valence-corrected chi connectivity index (χ1v) is 8.92. The van der Waals surface area contributed by atoms with Crippen molar-refractivity contribution in [3.63, 3.8) is 0 Å². The van der Waals surface area contributed by atoms with E-state index in [0.29, 0.717) is 42.1 Å². The number of benzene rings is 2. The zero-order valence-corrected chi connectivity index (χ0v) is 15.4. The van der Waals surface area contributed by atoms with E-state index in [1.165, 1.54) is 7.11 Å². The first-order chi connectivity index (χ1) is 13.1. The van der Waals surface area contributed by atoms with Gasteiger partial charge in [0.25, 0.3) is 5.91 Å². The van der Waals surface area contributed by atoms with Crippen molar-refractivity contribution in [2.24, 2.45) is 0 Å². The van der Waals surface area contributed by atoms with E-state index < -0.39 is 5.60 Å². The van der Waals surface area contributed by atoms with E-state index in [9.17, 15) is 9.59 Å². The largest absolute Gasteiger partial charge is 0.493 e. The molecule has 2 aromatic rings. The van der Waals surface area contributed by atoms with E-state index in [1.807, 2.05) is 18.2 Å². The first-order valence-electron chi connectivity index (χ1n) is 8.92. The van der Waals surface area contributed by atoms with Gasteiger partial charge in [-0.15, -0.1) is 0 Å². The predicted octanol–water partition coefficient (Wildman–Crippen LogP) is 3.01. The van der Waals surface area contributed by atoms with Crippen LogP contribution in [0.1, 0.15) is 39.1 Å². The molecule has 2 aromatic carbocycles. The van der Waals surface area contributed by atoms with Crippen LogP contribution in [0.4, 0.5) is 0 Å². The summed E-state index contributed by atoms with van der Waals surface area (Å²) >= 11 is 0. The zero-order valence-electron chi connectivity index (χ0n) is 15.4. The average Bonchev–Trinajstić information content (AvgIpc) is 2.98. The van der Waals surface area contributed by atoms with Crippen LogP contribution in [0.2, 0.25) is 0 Å². The van der Waals surface area contributed by atoms with Crippen LogP contribution in [0.3, 0.4) is 0 Å². The molecule has 1 saturated heterocycles. The summed E-state index contributed by atoms with van der Waals surface area (Å²) in [5.41, 5.74) is 1.23. The van der Waals surface area contributed by atoms with E-state index in [2.05, 4.69) is 0 Å². The van der Waals surface area contributed by atoms with E-state index in [1.54, 1.807) is 36.3 Å². The lowest BCUT2D eigenvalue weighted by Gasteiger charge is -2.39. The van der Waals surface area contributed by atoms with Gasteiger partial charge < -0.3 is 19.1 Å². The van der Waals surface area contributed by atoms with Crippen molar-refractivity contribution < 1.29 is 23.8 Å². The Kier molecular flexibility index (Phi) is 4.26. The summed E-state index contributed by atoms with van der Waals surface area (Å²) < 4.78 is 16.3. The minimum absolute atomic E-state index is 0.115. The number of hydrogen-bond acceptors (Lipinski definition) is 5. The highest BCUT2D eigenvalue weighted by molar-refractivity contribution is 5.96. The molecule has 0 aromatic heterocycles. The lowest BCUT2D eigenvalue weighted by atomic mass is 9.85. The van der Waals surface area contributed by atoms with Gasteiger partial charge in [-0.3, -0.25) is 4.79 Å². The smallest absolute Gasteiger partial charge is 0.339 e. The Morgan fingerprint density at radius 1 is 1.11 bits per heavy atom. The van der Waals surface area contributed by atoms with Crippen molar-refractivity contribution in [1.82, 2.24) is 4.90 Å². The zero-order chi connectivity index (χ0) is 19.0. The van der Waals surface area contributed by atoms with Crippen molar-refractivity contribution >= 4 is 11.9 Å². The molecule has 6 nitrogen and oxygen atoms in total. The first kappa shape index (κ1) is 17.4. The molecule has 0 N–H and O–H groups in total. The number of rotatable bonds is 3. The van der Waals surface area contributed by atoms with E-state index in [4.69, 9.17) is 14.2 Å². The third kappa shape index (κ3) is 2.81. The highest BCUT2D eigenvalue weighted by atomic mass is 16.6. The molecule has 0 aliphatic carbocycles. The number of fused-ring (bicyclic) bond motifs is 2. The van der Waals surface area contributed by atoms with Gasteiger partial charge in [-0.05, 0) is 37.1 Å². The summed E-state index contributed by atoms with van der Waals surface area (Å²) in [6.07, 6.45) is 1.48. The molecule has 4 rings (SSSR count). The minimum Gasteiger partial charge on any atom is -0.493 e. The fourth-order valence-corrected chi connectivity index (χ4v) is 4.00. The third-order valence-electron chi connectivity index (χ3n) is 5.30. The van der Waals surface area contributed by atoms with Crippen LogP contribution in [0.5, 0.6) is 11.5 Å². The molecule has 140 valence electrons. The quantitative estimate of drug-likeness (QED) is 0.781. The number of likely N-dealkylation sites (tertiary alicyclic amines) is 1. The molecule has 1 fully saturated rings. The molecule has 1 spiro atoms. The molecule has 0 bridgehead atoms. The Bertz CT molecular complexity index is 909. The summed E-state index contributed by atoms with van der Waals surface area (Å²) in [5.74, 6) is 0.650. The van der Waals surface area contributed by atoms with Crippen LogP contribution in [-0.2, 0) is 10.3 Å². The van der Waals surface area contributed by atoms with Crippen molar-refractivity contribution in [2.45, 2.75) is 18.4 Å². The standard InChI is InChI=1S/C21H21NO5/c1-25-17-9-8-14(12-18(17)26-2)19(23)22-11-5-10-21(13-22)16-7-4-3-6-15(16)20(24)27-21/h3-4,6-9,12H,5,10-11,13H2,1-2H3. The van der Waals surface area contributed by atoms with Crippen LogP contribution in [0.15, 0.2) is 42.5 Å². The van der Waals surface area contributed by atoms with Crippen LogP contribution in [0.25, 0.3) is 0 Å². The molecule has 6 heteroatoms. The summed E-state index contributed by atoms with van der Waals surface area (Å²) in [4.78, 5) is 27.1. The molecule has 1 atom stereocenters. The monoisotopic (exact) mass is 367 g/mol. The normalized spacial score (nSPS) is 21.0. The van der Waals surface area contributed by atoms with Crippen molar-refractivity contribution in [3.8, 4) is 11.5 Å². The SMILES string of the molecule is COc1ccc(C(=O)N2CCCC3(C2)OC(=O)c2ccccc23)cc1OC. The van der Waals surface area contributed by atoms with Gasteiger partial charge in [0.1, 0.15) is 0 Å². The summed E-state index contributed by atoms with van der Waals surface area (Å²) in [6.45, 7) is 0.970. The summed E-state index contributed by atoms with van der Waals surface area (Å²) in [6, 6.07) is 12.5. The number of esters is 1. The van der Waals surface area contributed by atoms with Gasteiger partial charge in [-0.25, -0.2) is 4.79 Å². The van der Waals surface area contributed by atoms with Crippen LogP contribution in [0, 0.1) is 0 Å². The Morgan fingerprint density at radius 2 is 1.89 bits per heavy atom. The summed E-state index contributed by atoms with van der Waals surface area (Å²) in [7, 11) is 3.09. The maximum absolute atomic E-state index is 13.1. The molecular weight excluding hydrogens is 346 g/mol. The number of hydrogen-bond donors (Lipinski definition) is 0. The highest BCUT2D eigenvalue weighted by Gasteiger charge is 2.48. The van der Waals surface area contributed by atoms with Gasteiger partial charge in [-0.2, -0.15) is 0 Å². The Morgan fingerprint density at radius 3 is 2.67 bits per heavy atom. The lowest BCUT2D eigenvalue weighted by Crippen LogP contribution is -2.48. The molecule has 2 heterocycles. The maximum Gasteiger partial charge on any atom is 0.339 e. The minimum atomic E-state index is -0.752. The average molecular weight is 367 g/mol. The molecule has 1 amide bonds. The molecule has 2 aliphatic rings. The maximum atomic E-state index is 13.1. The van der Waals surface area contributed by atoms with E-state index >= 15 is 0 Å². The lowest BCUT2D eigenvalue weighted by molar-refractivity contribution is -0.0442. The Balaban J connectivity index is 1.63. The fraction of sp³-hybridized carbons (Fsp3) is 0.333. The second kappa shape index (κ2) is 6.61. The second-order valence-electron chi connectivity index (χ2n) is 6.83. The van der Waals surface area contributed by atoms with Crippen molar-refractivity contribution in [1.29, 1.82) is 0 Å². The fourth-order valence-electron chi connectivity index (χ4n) is 4.00. The van der Waals surface area contributed by atoms with Gasteiger partial charge >= 0.3 is 5.97 Å². The Labute approximate surface area is 157 Å². The number of ether oxygens (including phenoxy) is 3. The molecule has 2 aliphatic heterocycles. The predicted molar refractivity (Wildman–Crippen MR) is 98.2 cm³/mol. The molecule has 1 unspecified atom stereocenters. The molecular formula is C21H21NO5. The van der Waals surface area contributed by atoms with Crippen molar-refractivity contribution in [3.05, 3.63) is 59.2 Å². The number of nitrogens with zero attached hydrogens (tertiary/aromatic N) is 1. The Hall–Kier alpha value is -3.02. The second-order valence-corrected chi connectivity index (χ2v) is 6.83. The molecule has 0 saturated carbocycles. The van der Waals surface area contributed by atoms with Gasteiger partial charge in [0.05, 0.1) is 26.3 Å². The summed E-state index contributed by atoms with van der Waals surface area (Å²) in [5, 5.41) is 0. The van der Waals surface area contributed by atoms with Gasteiger partial charge in [0.15, 0.2) is 17.1 Å². The highest BCUT2D eigenvalue weighted by Crippen LogP contribution is 2.43.